The Labute approximate surface area is 79.6 Å². The molecule has 2 rings (SSSR count). The lowest BCUT2D eigenvalue weighted by Gasteiger charge is -2.09. The van der Waals surface area contributed by atoms with E-state index < -0.39 is 0 Å². The lowest BCUT2D eigenvalue weighted by molar-refractivity contribution is 0.905. The van der Waals surface area contributed by atoms with E-state index in [9.17, 15) is 0 Å². The molecule has 1 aromatic rings. The molecule has 1 aliphatic rings. The fourth-order valence-corrected chi connectivity index (χ4v) is 2.09. The van der Waals surface area contributed by atoms with Crippen LogP contribution < -0.4 is 10.4 Å². The Hall–Kier alpha value is -1.04. The molecule has 0 heteroatoms. The number of hydrogen-bond donors (Lipinski definition) is 0. The number of hydrogen-bond acceptors (Lipinski definition) is 0. The second-order valence-electron chi connectivity index (χ2n) is 3.68. The van der Waals surface area contributed by atoms with Crippen molar-refractivity contribution in [2.75, 3.05) is 0 Å². The molecule has 0 heterocycles. The van der Waals surface area contributed by atoms with Crippen molar-refractivity contribution >= 4 is 11.6 Å². The van der Waals surface area contributed by atoms with Crippen molar-refractivity contribution in [3.8, 4) is 0 Å². The van der Waals surface area contributed by atoms with Crippen molar-refractivity contribution in [2.45, 2.75) is 32.6 Å². The van der Waals surface area contributed by atoms with Crippen LogP contribution in [0, 0.1) is 0 Å². The number of benzene rings is 1. The molecule has 0 fully saturated rings. The molecule has 0 N–H and O–H groups in total. The average Bonchev–Trinajstić information content (AvgIpc) is 2.19. The van der Waals surface area contributed by atoms with E-state index in [0.29, 0.717) is 0 Å². The van der Waals surface area contributed by atoms with Crippen LogP contribution in [0.1, 0.15) is 32.6 Å². The van der Waals surface area contributed by atoms with Gasteiger partial charge in [-0.25, -0.2) is 0 Å². The van der Waals surface area contributed by atoms with E-state index >= 15 is 0 Å². The van der Waals surface area contributed by atoms with Crippen molar-refractivity contribution in [1.82, 2.24) is 0 Å². The quantitative estimate of drug-likeness (QED) is 0.641. The summed E-state index contributed by atoms with van der Waals surface area (Å²) < 4.78 is 0. The second-order valence-corrected chi connectivity index (χ2v) is 3.68. The molecular weight excluding hydrogens is 156 g/mol. The maximum atomic E-state index is 2.36. The molecule has 0 bridgehead atoms. The highest BCUT2D eigenvalue weighted by Gasteiger charge is 2.01. The summed E-state index contributed by atoms with van der Waals surface area (Å²) >= 11 is 0. The summed E-state index contributed by atoms with van der Waals surface area (Å²) in [6, 6.07) is 8.76. The smallest absolute Gasteiger partial charge is 0.0195 e. The molecule has 13 heavy (non-hydrogen) atoms. The highest BCUT2D eigenvalue weighted by molar-refractivity contribution is 5.50. The molecule has 0 amide bonds. The van der Waals surface area contributed by atoms with E-state index in [1.807, 2.05) is 0 Å². The summed E-state index contributed by atoms with van der Waals surface area (Å²) in [5.74, 6) is 0. The molecule has 0 unspecified atom stereocenters. The molecule has 0 saturated heterocycles. The first kappa shape index (κ1) is 8.55. The predicted molar refractivity (Wildman–Crippen MR) is 57.7 cm³/mol. The highest BCUT2D eigenvalue weighted by Crippen LogP contribution is 2.13. The molecule has 0 aromatic heterocycles. The summed E-state index contributed by atoms with van der Waals surface area (Å²) in [7, 11) is 0. The lowest BCUT2D eigenvalue weighted by Crippen LogP contribution is -2.28. The molecule has 0 nitrogen and oxygen atoms in total. The van der Waals surface area contributed by atoms with Gasteiger partial charge in [-0.05, 0) is 29.7 Å². The van der Waals surface area contributed by atoms with Crippen molar-refractivity contribution in [3.05, 3.63) is 34.7 Å². The third-order valence-corrected chi connectivity index (χ3v) is 2.70. The molecular formula is C13H16. The highest BCUT2D eigenvalue weighted by atomic mass is 14.1. The third kappa shape index (κ3) is 1.67. The van der Waals surface area contributed by atoms with E-state index in [2.05, 4.69) is 37.3 Å². The van der Waals surface area contributed by atoms with Crippen molar-refractivity contribution in [3.63, 3.8) is 0 Å². The summed E-state index contributed by atoms with van der Waals surface area (Å²) in [6.45, 7) is 2.26. The van der Waals surface area contributed by atoms with Crippen LogP contribution in [0.15, 0.2) is 24.3 Å². The van der Waals surface area contributed by atoms with Crippen LogP contribution in [0.3, 0.4) is 0 Å². The first-order chi connectivity index (χ1) is 6.42. The standard InChI is InChI=1S/C13H16/c1-2-6-11-8-5-9-12-7-3-4-10-13(11)12/h3-4,7,9-10H,2,5-6,8H2,1H3. The third-order valence-electron chi connectivity index (χ3n) is 2.70. The predicted octanol–water partition coefficient (Wildman–Crippen LogP) is 2.21. The minimum absolute atomic E-state index is 1.23. The van der Waals surface area contributed by atoms with E-state index in [-0.39, 0.29) is 0 Å². The second kappa shape index (κ2) is 3.78. The first-order valence-electron chi connectivity index (χ1n) is 5.19. The minimum Gasteiger partial charge on any atom is -0.0763 e. The fraction of sp³-hybridized carbons (Fsp3) is 0.385. The van der Waals surface area contributed by atoms with Gasteiger partial charge in [0.15, 0.2) is 0 Å². The van der Waals surface area contributed by atoms with E-state index in [0.717, 1.165) is 0 Å². The van der Waals surface area contributed by atoms with Gasteiger partial charge in [-0.1, -0.05) is 49.3 Å². The Morgan fingerprint density at radius 3 is 2.92 bits per heavy atom. The van der Waals surface area contributed by atoms with Gasteiger partial charge in [0.1, 0.15) is 0 Å². The van der Waals surface area contributed by atoms with Crippen LogP contribution in [0.4, 0.5) is 0 Å². The summed E-state index contributed by atoms with van der Waals surface area (Å²) in [4.78, 5) is 0. The first-order valence-corrected chi connectivity index (χ1v) is 5.19. The van der Waals surface area contributed by atoms with Crippen LogP contribution in [0.25, 0.3) is 11.6 Å². The Morgan fingerprint density at radius 1 is 1.23 bits per heavy atom. The Kier molecular flexibility index (Phi) is 2.49. The maximum absolute atomic E-state index is 2.36. The number of rotatable bonds is 2. The summed E-state index contributed by atoms with van der Waals surface area (Å²) in [5.41, 5.74) is 1.65. The van der Waals surface area contributed by atoms with Gasteiger partial charge in [-0.2, -0.15) is 0 Å². The molecule has 0 atom stereocenters. The Morgan fingerprint density at radius 2 is 2.08 bits per heavy atom. The molecule has 0 saturated carbocycles. The molecule has 0 spiro atoms. The van der Waals surface area contributed by atoms with Crippen molar-refractivity contribution < 1.29 is 0 Å². The minimum atomic E-state index is 1.23. The van der Waals surface area contributed by atoms with Crippen molar-refractivity contribution in [1.29, 1.82) is 0 Å². The SMILES string of the molecule is CCCC1=c2ccccc2=CCC1. The Bertz CT molecular complexity index is 398. The van der Waals surface area contributed by atoms with E-state index in [1.165, 1.54) is 36.1 Å². The van der Waals surface area contributed by atoms with E-state index in [1.54, 1.807) is 5.57 Å². The number of fused-ring (bicyclic) bond motifs is 1. The van der Waals surface area contributed by atoms with Gasteiger partial charge in [0.25, 0.3) is 0 Å². The van der Waals surface area contributed by atoms with Gasteiger partial charge in [0, 0.05) is 0 Å². The zero-order valence-electron chi connectivity index (χ0n) is 8.22. The van der Waals surface area contributed by atoms with Crippen molar-refractivity contribution in [2.24, 2.45) is 0 Å². The molecule has 0 aliphatic heterocycles. The summed E-state index contributed by atoms with van der Waals surface area (Å²) in [6.07, 6.45) is 7.39. The Balaban J connectivity index is 2.61. The molecule has 1 aromatic carbocycles. The van der Waals surface area contributed by atoms with Gasteiger partial charge in [-0.15, -0.1) is 0 Å². The molecule has 1 aliphatic carbocycles. The van der Waals surface area contributed by atoms with E-state index in [4.69, 9.17) is 0 Å². The van der Waals surface area contributed by atoms with Gasteiger partial charge in [-0.3, -0.25) is 0 Å². The topological polar surface area (TPSA) is 0 Å². The maximum Gasteiger partial charge on any atom is -0.0195 e. The van der Waals surface area contributed by atoms with Gasteiger partial charge < -0.3 is 0 Å². The average molecular weight is 172 g/mol. The monoisotopic (exact) mass is 172 g/mol. The van der Waals surface area contributed by atoms with Crippen LogP contribution >= 0.6 is 0 Å². The summed E-state index contributed by atoms with van der Waals surface area (Å²) in [5, 5.41) is 2.94. The zero-order valence-corrected chi connectivity index (χ0v) is 8.22. The van der Waals surface area contributed by atoms with Crippen LogP contribution in [-0.2, 0) is 0 Å². The zero-order chi connectivity index (χ0) is 9.10. The molecule has 0 radical (unpaired) electrons. The van der Waals surface area contributed by atoms with Crippen LogP contribution in [-0.4, -0.2) is 0 Å². The van der Waals surface area contributed by atoms with Gasteiger partial charge >= 0.3 is 0 Å². The van der Waals surface area contributed by atoms with Crippen LogP contribution in [0.5, 0.6) is 0 Å². The largest absolute Gasteiger partial charge is 0.0763 e. The van der Waals surface area contributed by atoms with Gasteiger partial charge in [0.2, 0.25) is 0 Å². The molecule has 68 valence electrons. The fourth-order valence-electron chi connectivity index (χ4n) is 2.09. The normalized spacial score (nSPS) is 15.0. The van der Waals surface area contributed by atoms with Gasteiger partial charge in [0.05, 0.1) is 0 Å². The lowest BCUT2D eigenvalue weighted by atomic mass is 9.96. The van der Waals surface area contributed by atoms with Crippen LogP contribution in [0.2, 0.25) is 0 Å².